The summed E-state index contributed by atoms with van der Waals surface area (Å²) in [7, 11) is 0. The van der Waals surface area contributed by atoms with Crippen molar-refractivity contribution in [2.75, 3.05) is 6.54 Å². The third-order valence-electron chi connectivity index (χ3n) is 2.87. The molecular formula is C12H16F3N. The summed E-state index contributed by atoms with van der Waals surface area (Å²) < 4.78 is 40.2. The van der Waals surface area contributed by atoms with Crippen LogP contribution in [0.2, 0.25) is 0 Å². The van der Waals surface area contributed by atoms with Gasteiger partial charge in [0, 0.05) is 19.0 Å². The molecule has 0 fully saturated rings. The molecule has 0 aliphatic carbocycles. The highest BCUT2D eigenvalue weighted by Gasteiger charge is 2.33. The van der Waals surface area contributed by atoms with Gasteiger partial charge in [-0.2, -0.15) is 0 Å². The molecule has 1 rings (SSSR count). The molecule has 1 aromatic carbocycles. The number of hydrogen-bond donors (Lipinski definition) is 1. The van der Waals surface area contributed by atoms with Crippen LogP contribution in [-0.4, -0.2) is 12.2 Å². The first-order valence-electron chi connectivity index (χ1n) is 5.22. The second-order valence-corrected chi connectivity index (χ2v) is 4.31. The van der Waals surface area contributed by atoms with E-state index in [-0.39, 0.29) is 24.4 Å². The Bertz CT molecular complexity index is 365. The van der Waals surface area contributed by atoms with E-state index >= 15 is 0 Å². The Kier molecular flexibility index (Phi) is 3.97. The Morgan fingerprint density at radius 3 is 2.38 bits per heavy atom. The number of halogens is 3. The summed E-state index contributed by atoms with van der Waals surface area (Å²) >= 11 is 0. The van der Waals surface area contributed by atoms with E-state index in [0.29, 0.717) is 0 Å². The van der Waals surface area contributed by atoms with E-state index in [1.54, 1.807) is 13.8 Å². The van der Waals surface area contributed by atoms with Gasteiger partial charge >= 0.3 is 0 Å². The second kappa shape index (κ2) is 4.87. The SMILES string of the molecule is CC(C)C(F)(CN)Cc1ccc(F)cc1F. The minimum Gasteiger partial charge on any atom is -0.328 e. The maximum Gasteiger partial charge on any atom is 0.129 e. The molecule has 0 aromatic heterocycles. The van der Waals surface area contributed by atoms with Gasteiger partial charge in [-0.25, -0.2) is 13.2 Å². The molecule has 0 aliphatic rings. The Morgan fingerprint density at radius 2 is 1.94 bits per heavy atom. The smallest absolute Gasteiger partial charge is 0.129 e. The molecule has 90 valence electrons. The van der Waals surface area contributed by atoms with Crippen LogP contribution in [-0.2, 0) is 6.42 Å². The molecule has 1 aromatic rings. The lowest BCUT2D eigenvalue weighted by molar-refractivity contribution is 0.109. The van der Waals surface area contributed by atoms with Crippen molar-refractivity contribution in [2.24, 2.45) is 11.7 Å². The van der Waals surface area contributed by atoms with Gasteiger partial charge < -0.3 is 5.73 Å². The summed E-state index contributed by atoms with van der Waals surface area (Å²) in [4.78, 5) is 0. The van der Waals surface area contributed by atoms with Crippen LogP contribution in [0.5, 0.6) is 0 Å². The van der Waals surface area contributed by atoms with Crippen LogP contribution >= 0.6 is 0 Å². The van der Waals surface area contributed by atoms with E-state index in [1.807, 2.05) is 0 Å². The molecule has 0 aliphatic heterocycles. The highest BCUT2D eigenvalue weighted by atomic mass is 19.1. The number of benzene rings is 1. The van der Waals surface area contributed by atoms with Gasteiger partial charge in [-0.1, -0.05) is 19.9 Å². The second-order valence-electron chi connectivity index (χ2n) is 4.31. The van der Waals surface area contributed by atoms with Crippen molar-refractivity contribution >= 4 is 0 Å². The average Bonchev–Trinajstić information content (AvgIpc) is 2.22. The van der Waals surface area contributed by atoms with Gasteiger partial charge in [0.15, 0.2) is 0 Å². The number of nitrogens with two attached hydrogens (primary N) is 1. The molecule has 1 nitrogen and oxygen atoms in total. The number of hydrogen-bond acceptors (Lipinski definition) is 1. The van der Waals surface area contributed by atoms with Crippen molar-refractivity contribution in [3.05, 3.63) is 35.4 Å². The van der Waals surface area contributed by atoms with Crippen molar-refractivity contribution in [3.63, 3.8) is 0 Å². The predicted octanol–water partition coefficient (Wildman–Crippen LogP) is 2.83. The van der Waals surface area contributed by atoms with Gasteiger partial charge in [0.25, 0.3) is 0 Å². The minimum atomic E-state index is -1.65. The molecule has 0 saturated carbocycles. The lowest BCUT2D eigenvalue weighted by atomic mass is 9.86. The van der Waals surface area contributed by atoms with Crippen molar-refractivity contribution in [1.82, 2.24) is 0 Å². The van der Waals surface area contributed by atoms with Crippen molar-refractivity contribution in [2.45, 2.75) is 25.9 Å². The Labute approximate surface area is 93.5 Å². The molecule has 0 radical (unpaired) electrons. The molecular weight excluding hydrogens is 215 g/mol. The van der Waals surface area contributed by atoms with Crippen LogP contribution in [0.15, 0.2) is 18.2 Å². The third kappa shape index (κ3) is 2.76. The summed E-state index contributed by atoms with van der Waals surface area (Å²) in [6.45, 7) is 3.20. The van der Waals surface area contributed by atoms with Crippen molar-refractivity contribution < 1.29 is 13.2 Å². The van der Waals surface area contributed by atoms with E-state index in [2.05, 4.69) is 0 Å². The lowest BCUT2D eigenvalue weighted by Crippen LogP contribution is -2.40. The first kappa shape index (κ1) is 13.0. The molecule has 0 heterocycles. The molecule has 0 amide bonds. The lowest BCUT2D eigenvalue weighted by Gasteiger charge is -2.28. The van der Waals surface area contributed by atoms with Gasteiger partial charge in [0.05, 0.1) is 0 Å². The highest BCUT2D eigenvalue weighted by molar-refractivity contribution is 5.21. The summed E-state index contributed by atoms with van der Waals surface area (Å²) in [6.07, 6.45) is -0.132. The molecule has 16 heavy (non-hydrogen) atoms. The van der Waals surface area contributed by atoms with Crippen LogP contribution < -0.4 is 5.73 Å². The molecule has 0 bridgehead atoms. The zero-order valence-corrected chi connectivity index (χ0v) is 9.43. The molecule has 0 spiro atoms. The average molecular weight is 231 g/mol. The van der Waals surface area contributed by atoms with Crippen molar-refractivity contribution in [1.29, 1.82) is 0 Å². The van der Waals surface area contributed by atoms with E-state index < -0.39 is 17.3 Å². The minimum absolute atomic E-state index is 0.132. The fourth-order valence-corrected chi connectivity index (χ4v) is 1.49. The number of alkyl halides is 1. The van der Waals surface area contributed by atoms with Crippen LogP contribution in [0.25, 0.3) is 0 Å². The van der Waals surface area contributed by atoms with Gasteiger partial charge in [-0.15, -0.1) is 0 Å². The fourth-order valence-electron chi connectivity index (χ4n) is 1.49. The Morgan fingerprint density at radius 1 is 1.31 bits per heavy atom. The summed E-state index contributed by atoms with van der Waals surface area (Å²) in [6, 6.07) is 3.14. The maximum absolute atomic E-state index is 14.2. The van der Waals surface area contributed by atoms with Crippen LogP contribution in [0.4, 0.5) is 13.2 Å². The van der Waals surface area contributed by atoms with E-state index in [9.17, 15) is 13.2 Å². The topological polar surface area (TPSA) is 26.0 Å². The summed E-state index contributed by atoms with van der Waals surface area (Å²) in [5.74, 6) is -1.71. The highest BCUT2D eigenvalue weighted by Crippen LogP contribution is 2.27. The van der Waals surface area contributed by atoms with Gasteiger partial charge in [0.1, 0.15) is 17.3 Å². The first-order valence-corrected chi connectivity index (χ1v) is 5.22. The zero-order chi connectivity index (χ0) is 12.3. The summed E-state index contributed by atoms with van der Waals surface area (Å²) in [5.41, 5.74) is 3.87. The normalized spacial score (nSPS) is 15.2. The zero-order valence-electron chi connectivity index (χ0n) is 9.43. The van der Waals surface area contributed by atoms with Crippen molar-refractivity contribution in [3.8, 4) is 0 Å². The monoisotopic (exact) mass is 231 g/mol. The van der Waals surface area contributed by atoms with E-state index in [0.717, 1.165) is 12.1 Å². The molecule has 4 heteroatoms. The largest absolute Gasteiger partial charge is 0.328 e. The number of rotatable bonds is 4. The standard InChI is InChI=1S/C12H16F3N/c1-8(2)12(15,7-16)6-9-3-4-10(13)5-11(9)14/h3-5,8H,6-7,16H2,1-2H3. The van der Waals surface area contributed by atoms with Crippen LogP contribution in [0, 0.1) is 17.6 Å². The van der Waals surface area contributed by atoms with E-state index in [1.165, 1.54) is 6.07 Å². The van der Waals surface area contributed by atoms with E-state index in [4.69, 9.17) is 5.73 Å². The predicted molar refractivity (Wildman–Crippen MR) is 57.8 cm³/mol. The molecule has 1 atom stereocenters. The third-order valence-corrected chi connectivity index (χ3v) is 2.87. The van der Waals surface area contributed by atoms with Gasteiger partial charge in [-0.05, 0) is 17.5 Å². The molecule has 1 unspecified atom stereocenters. The van der Waals surface area contributed by atoms with Gasteiger partial charge in [-0.3, -0.25) is 0 Å². The molecule has 0 saturated heterocycles. The first-order chi connectivity index (χ1) is 7.39. The Hall–Kier alpha value is -1.03. The Balaban J connectivity index is 2.95. The van der Waals surface area contributed by atoms with Crippen LogP contribution in [0.1, 0.15) is 19.4 Å². The quantitative estimate of drug-likeness (QED) is 0.847. The fraction of sp³-hybridized carbons (Fsp3) is 0.500. The summed E-state index contributed by atoms with van der Waals surface area (Å²) in [5, 5.41) is 0. The maximum atomic E-state index is 14.2. The van der Waals surface area contributed by atoms with Gasteiger partial charge in [0.2, 0.25) is 0 Å². The van der Waals surface area contributed by atoms with Crippen LogP contribution in [0.3, 0.4) is 0 Å². The molecule has 2 N–H and O–H groups in total.